The first kappa shape index (κ1) is 18.8. The van der Waals surface area contributed by atoms with E-state index in [-0.39, 0.29) is 17.7 Å². The van der Waals surface area contributed by atoms with E-state index in [0.717, 1.165) is 6.42 Å². The van der Waals surface area contributed by atoms with Gasteiger partial charge in [0.05, 0.1) is 32.8 Å². The summed E-state index contributed by atoms with van der Waals surface area (Å²) < 4.78 is 31.9. The lowest BCUT2D eigenvalue weighted by atomic mass is 9.81. The number of amides is 1. The molecule has 1 amide bonds. The molecule has 2 aromatic rings. The highest BCUT2D eigenvalue weighted by atomic mass is 19.1. The minimum atomic E-state index is -0.482. The zero-order valence-corrected chi connectivity index (χ0v) is 15.7. The Hall–Kier alpha value is -2.52. The van der Waals surface area contributed by atoms with Crippen molar-refractivity contribution in [2.75, 3.05) is 40.0 Å². The summed E-state index contributed by atoms with van der Waals surface area (Å²) in [6.07, 6.45) is 4.07. The van der Waals surface area contributed by atoms with Crippen LogP contribution in [-0.4, -0.2) is 71.2 Å². The van der Waals surface area contributed by atoms with Crippen molar-refractivity contribution in [3.63, 3.8) is 0 Å². The van der Waals surface area contributed by atoms with Crippen molar-refractivity contribution in [2.24, 2.45) is 5.92 Å². The summed E-state index contributed by atoms with van der Waals surface area (Å²) in [6.45, 7) is 3.01. The SMILES string of the molecule is COCCn1ccc(C(=O)N2CC3(C2)OCC[C@H]3COc2ncccc2F)n1. The van der Waals surface area contributed by atoms with Crippen LogP contribution >= 0.6 is 0 Å². The molecule has 0 bridgehead atoms. The van der Waals surface area contributed by atoms with Crippen molar-refractivity contribution in [1.82, 2.24) is 19.7 Å². The van der Waals surface area contributed by atoms with Gasteiger partial charge >= 0.3 is 0 Å². The molecular weight excluding hydrogens is 367 g/mol. The van der Waals surface area contributed by atoms with E-state index in [9.17, 15) is 9.18 Å². The second-order valence-electron chi connectivity index (χ2n) is 7.12. The summed E-state index contributed by atoms with van der Waals surface area (Å²) in [6, 6.07) is 4.55. The number of pyridine rings is 1. The molecule has 150 valence electrons. The molecule has 2 aromatic heterocycles. The molecule has 2 aliphatic heterocycles. The Kier molecular flexibility index (Phi) is 5.27. The zero-order chi connectivity index (χ0) is 19.6. The Morgan fingerprint density at radius 1 is 1.43 bits per heavy atom. The van der Waals surface area contributed by atoms with E-state index in [0.29, 0.717) is 45.1 Å². The number of likely N-dealkylation sites (tertiary alicyclic amines) is 1. The molecule has 0 unspecified atom stereocenters. The second kappa shape index (κ2) is 7.84. The van der Waals surface area contributed by atoms with E-state index >= 15 is 0 Å². The highest BCUT2D eigenvalue weighted by Crippen LogP contribution is 2.40. The summed E-state index contributed by atoms with van der Waals surface area (Å²) in [7, 11) is 1.62. The van der Waals surface area contributed by atoms with Gasteiger partial charge in [-0.2, -0.15) is 5.10 Å². The van der Waals surface area contributed by atoms with Crippen molar-refractivity contribution in [2.45, 2.75) is 18.6 Å². The topological polar surface area (TPSA) is 78.7 Å². The fourth-order valence-corrected chi connectivity index (χ4v) is 3.72. The van der Waals surface area contributed by atoms with Crippen LogP contribution in [0.25, 0.3) is 0 Å². The van der Waals surface area contributed by atoms with Gasteiger partial charge in [0.1, 0.15) is 11.3 Å². The first-order valence-corrected chi connectivity index (χ1v) is 9.30. The Balaban J connectivity index is 1.33. The van der Waals surface area contributed by atoms with Crippen LogP contribution < -0.4 is 4.74 Å². The molecule has 4 rings (SSSR count). The third kappa shape index (κ3) is 3.59. The molecule has 2 saturated heterocycles. The maximum Gasteiger partial charge on any atom is 0.274 e. The van der Waals surface area contributed by atoms with E-state index < -0.39 is 11.4 Å². The fraction of sp³-hybridized carbons (Fsp3) is 0.526. The molecular formula is C19H23FN4O4. The van der Waals surface area contributed by atoms with Crippen LogP contribution in [0, 0.1) is 11.7 Å². The number of aromatic nitrogens is 3. The van der Waals surface area contributed by atoms with Crippen LogP contribution in [0.4, 0.5) is 4.39 Å². The van der Waals surface area contributed by atoms with Gasteiger partial charge < -0.3 is 19.1 Å². The largest absolute Gasteiger partial charge is 0.475 e. The minimum absolute atomic E-state index is 0.00148. The van der Waals surface area contributed by atoms with Crippen molar-refractivity contribution in [3.8, 4) is 5.88 Å². The summed E-state index contributed by atoms with van der Waals surface area (Å²) in [5.41, 5.74) is -0.0215. The highest BCUT2D eigenvalue weighted by Gasteiger charge is 2.55. The number of nitrogens with zero attached hydrogens (tertiary/aromatic N) is 4. The van der Waals surface area contributed by atoms with Gasteiger partial charge in [-0.05, 0) is 24.6 Å². The van der Waals surface area contributed by atoms with Crippen LogP contribution in [0.5, 0.6) is 5.88 Å². The van der Waals surface area contributed by atoms with Gasteiger partial charge in [-0.3, -0.25) is 9.48 Å². The molecule has 0 aromatic carbocycles. The number of carbonyl (C=O) groups excluding carboxylic acids is 1. The lowest BCUT2D eigenvalue weighted by Crippen LogP contribution is -2.66. The van der Waals surface area contributed by atoms with Crippen LogP contribution in [0.1, 0.15) is 16.9 Å². The van der Waals surface area contributed by atoms with Crippen molar-refractivity contribution >= 4 is 5.91 Å². The smallest absolute Gasteiger partial charge is 0.274 e. The monoisotopic (exact) mass is 390 g/mol. The summed E-state index contributed by atoms with van der Waals surface area (Å²) in [5.74, 6) is -0.520. The standard InChI is InChI=1S/C19H23FN4O4/c1-26-10-8-24-7-4-16(22-24)18(25)23-12-19(13-23)14(5-9-28-19)11-27-17-15(20)3-2-6-21-17/h2-4,6-7,14H,5,8-13H2,1H3/t14-/m0/s1. The quantitative estimate of drug-likeness (QED) is 0.711. The molecule has 1 atom stereocenters. The Morgan fingerprint density at radius 2 is 2.29 bits per heavy atom. The van der Waals surface area contributed by atoms with Crippen molar-refractivity contribution in [3.05, 3.63) is 42.1 Å². The normalized spacial score (nSPS) is 20.4. The number of rotatable bonds is 7. The van der Waals surface area contributed by atoms with Crippen molar-refractivity contribution in [1.29, 1.82) is 0 Å². The van der Waals surface area contributed by atoms with Gasteiger partial charge in [0, 0.05) is 32.0 Å². The van der Waals surface area contributed by atoms with E-state index in [2.05, 4.69) is 10.1 Å². The average molecular weight is 390 g/mol. The maximum absolute atomic E-state index is 13.7. The van der Waals surface area contributed by atoms with Gasteiger partial charge in [-0.1, -0.05) is 0 Å². The van der Waals surface area contributed by atoms with Crippen LogP contribution in [-0.2, 0) is 16.0 Å². The predicted molar refractivity (Wildman–Crippen MR) is 96.5 cm³/mol. The maximum atomic E-state index is 13.7. The Morgan fingerprint density at radius 3 is 3.07 bits per heavy atom. The first-order chi connectivity index (χ1) is 13.6. The second-order valence-corrected chi connectivity index (χ2v) is 7.12. The van der Waals surface area contributed by atoms with Gasteiger partial charge in [-0.15, -0.1) is 0 Å². The third-order valence-corrected chi connectivity index (χ3v) is 5.33. The van der Waals surface area contributed by atoms with Crippen LogP contribution in [0.15, 0.2) is 30.6 Å². The van der Waals surface area contributed by atoms with Crippen LogP contribution in [0.3, 0.4) is 0 Å². The lowest BCUT2D eigenvalue weighted by molar-refractivity contribution is -0.122. The predicted octanol–water partition coefficient (Wildman–Crippen LogP) is 1.37. The third-order valence-electron chi connectivity index (χ3n) is 5.33. The number of carbonyl (C=O) groups is 1. The van der Waals surface area contributed by atoms with Crippen LogP contribution in [0.2, 0.25) is 0 Å². The molecule has 0 saturated carbocycles. The molecule has 0 N–H and O–H groups in total. The number of hydrogen-bond donors (Lipinski definition) is 0. The molecule has 8 nitrogen and oxygen atoms in total. The molecule has 0 radical (unpaired) electrons. The molecule has 4 heterocycles. The summed E-state index contributed by atoms with van der Waals surface area (Å²) in [4.78, 5) is 18.3. The molecule has 2 fully saturated rings. The Bertz CT molecular complexity index is 837. The van der Waals surface area contributed by atoms with Crippen molar-refractivity contribution < 1.29 is 23.4 Å². The molecule has 28 heavy (non-hydrogen) atoms. The van der Waals surface area contributed by atoms with Gasteiger partial charge in [0.25, 0.3) is 5.91 Å². The number of hydrogen-bond acceptors (Lipinski definition) is 6. The summed E-state index contributed by atoms with van der Waals surface area (Å²) >= 11 is 0. The van der Waals surface area contributed by atoms with E-state index in [1.54, 1.807) is 29.0 Å². The minimum Gasteiger partial charge on any atom is -0.475 e. The van der Waals surface area contributed by atoms with Gasteiger partial charge in [0.15, 0.2) is 5.82 Å². The van der Waals surface area contributed by atoms with E-state index in [4.69, 9.17) is 14.2 Å². The highest BCUT2D eigenvalue weighted by molar-refractivity contribution is 5.93. The molecule has 2 aliphatic rings. The molecule has 1 spiro atoms. The number of methoxy groups -OCH3 is 1. The molecule has 9 heteroatoms. The molecule has 0 aliphatic carbocycles. The fourth-order valence-electron chi connectivity index (χ4n) is 3.72. The number of ether oxygens (including phenoxy) is 3. The lowest BCUT2D eigenvalue weighted by Gasteiger charge is -2.49. The first-order valence-electron chi connectivity index (χ1n) is 9.30. The number of halogens is 1. The zero-order valence-electron chi connectivity index (χ0n) is 15.7. The Labute approximate surface area is 162 Å². The van der Waals surface area contributed by atoms with E-state index in [1.165, 1.54) is 18.3 Å². The average Bonchev–Trinajstić information content (AvgIpc) is 3.31. The summed E-state index contributed by atoms with van der Waals surface area (Å²) in [5, 5.41) is 4.30. The van der Waals surface area contributed by atoms with Gasteiger partial charge in [0.2, 0.25) is 5.88 Å². The van der Waals surface area contributed by atoms with Gasteiger partial charge in [-0.25, -0.2) is 9.37 Å². The van der Waals surface area contributed by atoms with E-state index in [1.807, 2.05) is 0 Å².